The van der Waals surface area contributed by atoms with Crippen molar-refractivity contribution in [3.8, 4) is 11.5 Å². The van der Waals surface area contributed by atoms with E-state index in [1.165, 1.54) is 0 Å². The van der Waals surface area contributed by atoms with Gasteiger partial charge in [0.05, 0.1) is 5.69 Å². The normalized spacial score (nSPS) is 22.2. The lowest BCUT2D eigenvalue weighted by Gasteiger charge is -2.18. The minimum atomic E-state index is -0.0903. The largest absolute Gasteiger partial charge is 0.368 e. The molecule has 116 valence electrons. The van der Waals surface area contributed by atoms with E-state index in [-0.39, 0.29) is 6.10 Å². The molecule has 0 spiro atoms. The number of hydrogen-bond acceptors (Lipinski definition) is 6. The molecule has 0 N–H and O–H groups in total. The Balaban J connectivity index is 1.72. The summed E-state index contributed by atoms with van der Waals surface area (Å²) in [7, 11) is 0. The molecular weight excluding hydrogens is 300 g/mol. The molecule has 1 aliphatic heterocycles. The summed E-state index contributed by atoms with van der Waals surface area (Å²) in [5.41, 5.74) is 1.80. The van der Waals surface area contributed by atoms with Crippen molar-refractivity contribution in [2.24, 2.45) is 11.8 Å². The van der Waals surface area contributed by atoms with Gasteiger partial charge in [-0.2, -0.15) is 4.98 Å². The van der Waals surface area contributed by atoms with Crippen LogP contribution in [0.15, 0.2) is 16.1 Å². The molecule has 0 aromatic carbocycles. The van der Waals surface area contributed by atoms with Crippen LogP contribution >= 0.6 is 11.3 Å². The Hall–Kier alpha value is -1.73. The highest BCUT2D eigenvalue weighted by Gasteiger charge is 2.36. The number of rotatable bonds is 3. The number of aryl methyl sites for hydroxylation is 1. The Kier molecular flexibility index (Phi) is 3.27. The first-order valence-electron chi connectivity index (χ1n) is 7.53. The van der Waals surface area contributed by atoms with Crippen LogP contribution in [0.3, 0.4) is 0 Å². The molecule has 3 aromatic rings. The summed E-state index contributed by atoms with van der Waals surface area (Å²) < 4.78 is 13.3. The molecular formula is C15H18N4O2S. The van der Waals surface area contributed by atoms with Crippen LogP contribution in [0.25, 0.3) is 16.5 Å². The molecule has 0 amide bonds. The van der Waals surface area contributed by atoms with Crippen molar-refractivity contribution in [1.82, 2.24) is 19.5 Å². The van der Waals surface area contributed by atoms with Gasteiger partial charge in [0.2, 0.25) is 5.82 Å². The number of ether oxygens (including phenoxy) is 1. The third-order valence-corrected chi connectivity index (χ3v) is 5.08. The van der Waals surface area contributed by atoms with Crippen LogP contribution in [0.5, 0.6) is 0 Å². The third-order valence-electron chi connectivity index (χ3n) is 4.33. The number of nitrogens with zero attached hydrogens (tertiary/aromatic N) is 4. The molecule has 0 saturated carbocycles. The Labute approximate surface area is 132 Å². The third kappa shape index (κ3) is 2.07. The molecule has 3 aromatic heterocycles. The number of thiazole rings is 1. The Morgan fingerprint density at radius 3 is 3.05 bits per heavy atom. The highest BCUT2D eigenvalue weighted by molar-refractivity contribution is 7.15. The summed E-state index contributed by atoms with van der Waals surface area (Å²) in [6.45, 7) is 7.14. The van der Waals surface area contributed by atoms with Gasteiger partial charge in [-0.3, -0.25) is 4.40 Å². The molecule has 1 saturated heterocycles. The van der Waals surface area contributed by atoms with Crippen LogP contribution in [0.4, 0.5) is 0 Å². The SMILES string of the molecule is Cc1nc2sccn2c1-c1noc([C@H]2OCC[C@H]2C(C)C)n1. The van der Waals surface area contributed by atoms with E-state index < -0.39 is 0 Å². The average Bonchev–Trinajstić information content (AvgIpc) is 3.20. The van der Waals surface area contributed by atoms with E-state index in [0.717, 1.165) is 29.4 Å². The van der Waals surface area contributed by atoms with Crippen LogP contribution < -0.4 is 0 Å². The van der Waals surface area contributed by atoms with Crippen LogP contribution in [0.1, 0.15) is 38.0 Å². The van der Waals surface area contributed by atoms with Crippen LogP contribution in [-0.4, -0.2) is 26.1 Å². The van der Waals surface area contributed by atoms with E-state index >= 15 is 0 Å². The van der Waals surface area contributed by atoms with Crippen molar-refractivity contribution < 1.29 is 9.26 Å². The van der Waals surface area contributed by atoms with Gasteiger partial charge in [-0.25, -0.2) is 4.98 Å². The summed E-state index contributed by atoms with van der Waals surface area (Å²) in [5, 5.41) is 6.17. The van der Waals surface area contributed by atoms with Crippen LogP contribution in [-0.2, 0) is 4.74 Å². The summed E-state index contributed by atoms with van der Waals surface area (Å²) in [6, 6.07) is 0. The smallest absolute Gasteiger partial charge is 0.256 e. The molecule has 22 heavy (non-hydrogen) atoms. The van der Waals surface area contributed by atoms with Gasteiger partial charge in [-0.15, -0.1) is 11.3 Å². The lowest BCUT2D eigenvalue weighted by Crippen LogP contribution is -2.13. The second kappa shape index (κ2) is 5.17. The number of hydrogen-bond donors (Lipinski definition) is 0. The molecule has 4 heterocycles. The second-order valence-electron chi connectivity index (χ2n) is 6.05. The molecule has 0 unspecified atom stereocenters. The Bertz CT molecular complexity index is 804. The molecule has 2 atom stereocenters. The first kappa shape index (κ1) is 13.9. The standard InChI is InChI=1S/C15H18N4O2S/c1-8(2)10-4-6-20-12(10)14-17-13(18-21-14)11-9(3)16-15-19(11)5-7-22-15/h5,7-8,10,12H,4,6H2,1-3H3/t10-,12-/m0/s1. The van der Waals surface area contributed by atoms with Crippen LogP contribution in [0, 0.1) is 18.8 Å². The van der Waals surface area contributed by atoms with Gasteiger partial charge in [0, 0.05) is 18.2 Å². The van der Waals surface area contributed by atoms with Gasteiger partial charge in [-0.05, 0) is 25.2 Å². The quantitative estimate of drug-likeness (QED) is 0.739. The summed E-state index contributed by atoms with van der Waals surface area (Å²) in [5.74, 6) is 2.12. The van der Waals surface area contributed by atoms with Crippen molar-refractivity contribution in [1.29, 1.82) is 0 Å². The fourth-order valence-corrected chi connectivity index (χ4v) is 3.91. The lowest BCUT2D eigenvalue weighted by atomic mass is 9.89. The minimum absolute atomic E-state index is 0.0903. The molecule has 1 fully saturated rings. The molecule has 7 heteroatoms. The van der Waals surface area contributed by atoms with E-state index in [2.05, 4.69) is 29.0 Å². The minimum Gasteiger partial charge on any atom is -0.368 e. The predicted molar refractivity (Wildman–Crippen MR) is 82.7 cm³/mol. The number of fused-ring (bicyclic) bond motifs is 1. The summed E-state index contributed by atoms with van der Waals surface area (Å²) in [4.78, 5) is 10.1. The highest BCUT2D eigenvalue weighted by atomic mass is 32.1. The average molecular weight is 318 g/mol. The zero-order valence-electron chi connectivity index (χ0n) is 12.8. The molecule has 6 nitrogen and oxygen atoms in total. The monoisotopic (exact) mass is 318 g/mol. The molecule has 0 radical (unpaired) electrons. The van der Waals surface area contributed by atoms with Gasteiger partial charge < -0.3 is 9.26 Å². The van der Waals surface area contributed by atoms with Gasteiger partial charge in [0.1, 0.15) is 11.8 Å². The molecule has 0 bridgehead atoms. The fourth-order valence-electron chi connectivity index (χ4n) is 3.15. The maximum absolute atomic E-state index is 5.83. The number of imidazole rings is 1. The van der Waals surface area contributed by atoms with E-state index in [1.807, 2.05) is 22.9 Å². The van der Waals surface area contributed by atoms with Gasteiger partial charge >= 0.3 is 0 Å². The number of aromatic nitrogens is 4. The van der Waals surface area contributed by atoms with Crippen molar-refractivity contribution >= 4 is 16.3 Å². The molecule has 0 aliphatic carbocycles. The van der Waals surface area contributed by atoms with E-state index in [9.17, 15) is 0 Å². The maximum Gasteiger partial charge on any atom is 0.256 e. The van der Waals surface area contributed by atoms with Crippen LogP contribution in [0.2, 0.25) is 0 Å². The molecule has 1 aliphatic rings. The van der Waals surface area contributed by atoms with E-state index in [4.69, 9.17) is 9.26 Å². The van der Waals surface area contributed by atoms with Gasteiger partial charge in [-0.1, -0.05) is 19.0 Å². The Morgan fingerprint density at radius 2 is 2.23 bits per heavy atom. The first-order chi connectivity index (χ1) is 10.6. The van der Waals surface area contributed by atoms with Crippen molar-refractivity contribution in [3.63, 3.8) is 0 Å². The topological polar surface area (TPSA) is 65.5 Å². The summed E-state index contributed by atoms with van der Waals surface area (Å²) >= 11 is 1.59. The predicted octanol–water partition coefficient (Wildman–Crippen LogP) is 3.49. The van der Waals surface area contributed by atoms with Gasteiger partial charge in [0.15, 0.2) is 4.96 Å². The molecule has 4 rings (SSSR count). The lowest BCUT2D eigenvalue weighted by molar-refractivity contribution is 0.0520. The van der Waals surface area contributed by atoms with E-state index in [1.54, 1.807) is 11.3 Å². The highest BCUT2D eigenvalue weighted by Crippen LogP contribution is 2.39. The second-order valence-corrected chi connectivity index (χ2v) is 6.92. The maximum atomic E-state index is 5.83. The first-order valence-corrected chi connectivity index (χ1v) is 8.41. The van der Waals surface area contributed by atoms with E-state index in [0.29, 0.717) is 23.6 Å². The van der Waals surface area contributed by atoms with Crippen molar-refractivity contribution in [2.45, 2.75) is 33.3 Å². The zero-order chi connectivity index (χ0) is 15.3. The fraction of sp³-hybridized carbons (Fsp3) is 0.533. The Morgan fingerprint density at radius 1 is 1.36 bits per heavy atom. The van der Waals surface area contributed by atoms with Gasteiger partial charge in [0.25, 0.3) is 5.89 Å². The van der Waals surface area contributed by atoms with Crippen molar-refractivity contribution in [2.75, 3.05) is 6.61 Å². The summed E-state index contributed by atoms with van der Waals surface area (Å²) in [6.07, 6.45) is 2.93. The van der Waals surface area contributed by atoms with Crippen molar-refractivity contribution in [3.05, 3.63) is 23.2 Å². The zero-order valence-corrected chi connectivity index (χ0v) is 13.6.